The van der Waals surface area contributed by atoms with E-state index in [-0.39, 0.29) is 36.9 Å². The van der Waals surface area contributed by atoms with Crippen molar-refractivity contribution < 1.29 is 24.2 Å². The number of amides is 3. The number of fused-ring (bicyclic) bond motifs is 3. The Kier molecular flexibility index (Phi) is 8.35. The van der Waals surface area contributed by atoms with Gasteiger partial charge in [-0.05, 0) is 56.2 Å². The van der Waals surface area contributed by atoms with Gasteiger partial charge in [-0.25, -0.2) is 4.68 Å². The summed E-state index contributed by atoms with van der Waals surface area (Å²) in [6.07, 6.45) is 8.72. The van der Waals surface area contributed by atoms with Gasteiger partial charge >= 0.3 is 0 Å². The van der Waals surface area contributed by atoms with Gasteiger partial charge in [0.15, 0.2) is 0 Å². The average molecular weight is 671 g/mol. The Labute approximate surface area is 284 Å². The van der Waals surface area contributed by atoms with Crippen molar-refractivity contribution in [1.29, 1.82) is 0 Å². The number of para-hydroxylation sites is 1. The van der Waals surface area contributed by atoms with Crippen LogP contribution in [0.4, 0.5) is 5.69 Å². The molecule has 2 aromatic carbocycles. The van der Waals surface area contributed by atoms with Gasteiger partial charge in [0.25, 0.3) is 0 Å². The number of aliphatic hydroxyl groups is 1. The first-order valence-corrected chi connectivity index (χ1v) is 17.6. The van der Waals surface area contributed by atoms with Gasteiger partial charge in [-0.15, -0.1) is 16.9 Å². The fourth-order valence-electron chi connectivity index (χ4n) is 8.11. The van der Waals surface area contributed by atoms with Crippen molar-refractivity contribution in [2.24, 2.45) is 17.8 Å². The van der Waals surface area contributed by atoms with E-state index in [4.69, 9.17) is 4.74 Å². The van der Waals surface area contributed by atoms with Crippen LogP contribution in [0.15, 0.2) is 72.8 Å². The van der Waals surface area contributed by atoms with Crippen LogP contribution < -0.4 is 9.64 Å². The molecule has 1 spiro atoms. The number of rotatable bonds is 9. The number of carbonyl (C=O) groups is 3. The van der Waals surface area contributed by atoms with E-state index in [9.17, 15) is 19.5 Å². The van der Waals surface area contributed by atoms with E-state index in [2.05, 4.69) is 16.4 Å². The van der Waals surface area contributed by atoms with Crippen molar-refractivity contribution in [2.45, 2.75) is 62.4 Å². The maximum Gasteiger partial charge on any atom is 0.248 e. The molecule has 3 amide bonds. The topological polar surface area (TPSA) is 121 Å². The Bertz CT molecular complexity index is 1790. The Morgan fingerprint density at radius 2 is 1.73 bits per heavy atom. The monoisotopic (exact) mass is 670 g/mol. The zero-order valence-corrected chi connectivity index (χ0v) is 28.5. The van der Waals surface area contributed by atoms with Crippen molar-refractivity contribution in [3.8, 4) is 5.75 Å². The van der Waals surface area contributed by atoms with Crippen LogP contribution >= 0.6 is 11.8 Å². The molecule has 4 aliphatic rings. The normalized spacial score (nSPS) is 29.5. The summed E-state index contributed by atoms with van der Waals surface area (Å²) < 4.78 is 5.54. The summed E-state index contributed by atoms with van der Waals surface area (Å²) >= 11 is 1.54. The third-order valence-corrected chi connectivity index (χ3v) is 12.4. The van der Waals surface area contributed by atoms with Crippen molar-refractivity contribution >= 4 is 46.2 Å². The summed E-state index contributed by atoms with van der Waals surface area (Å²) in [6.45, 7) is 9.01. The molecular weight excluding hydrogens is 629 g/mol. The van der Waals surface area contributed by atoms with Gasteiger partial charge < -0.3 is 24.5 Å². The number of benzene rings is 2. The summed E-state index contributed by atoms with van der Waals surface area (Å²) in [7, 11) is 0. The lowest BCUT2D eigenvalue weighted by molar-refractivity contribution is -0.147. The van der Waals surface area contributed by atoms with Crippen LogP contribution in [0.2, 0.25) is 0 Å². The van der Waals surface area contributed by atoms with Crippen LogP contribution in [0.1, 0.15) is 34.1 Å². The molecule has 0 radical (unpaired) electrons. The summed E-state index contributed by atoms with van der Waals surface area (Å²) in [4.78, 5) is 49.8. The largest absolute Gasteiger partial charge is 0.494 e. The molecule has 2 fully saturated rings. The van der Waals surface area contributed by atoms with Gasteiger partial charge in [-0.3, -0.25) is 14.4 Å². The van der Waals surface area contributed by atoms with Gasteiger partial charge in [-0.2, -0.15) is 0 Å². The second kappa shape index (κ2) is 12.4. The molecule has 252 valence electrons. The molecular formula is C36H42N6O5S. The van der Waals surface area contributed by atoms with Crippen molar-refractivity contribution in [2.75, 3.05) is 31.2 Å². The summed E-state index contributed by atoms with van der Waals surface area (Å²) in [6, 6.07) is 13.5. The van der Waals surface area contributed by atoms with E-state index in [0.717, 1.165) is 16.8 Å². The highest BCUT2D eigenvalue weighted by Gasteiger charge is 2.74. The molecule has 7 atom stereocenters. The summed E-state index contributed by atoms with van der Waals surface area (Å²) in [5.74, 6) is -1.57. The van der Waals surface area contributed by atoms with Crippen molar-refractivity contribution in [3.63, 3.8) is 0 Å². The quantitative estimate of drug-likeness (QED) is 0.341. The summed E-state index contributed by atoms with van der Waals surface area (Å²) in [5.41, 5.74) is 2.24. The van der Waals surface area contributed by atoms with E-state index in [1.54, 1.807) is 19.4 Å². The lowest BCUT2D eigenvalue weighted by atomic mass is 9.74. The molecule has 7 rings (SSSR count). The van der Waals surface area contributed by atoms with Crippen LogP contribution in [0.25, 0.3) is 11.0 Å². The number of anilines is 1. The maximum atomic E-state index is 15.0. The van der Waals surface area contributed by atoms with Crippen molar-refractivity contribution in [1.82, 2.24) is 24.8 Å². The maximum absolute atomic E-state index is 15.0. The molecule has 48 heavy (non-hydrogen) atoms. The lowest BCUT2D eigenvalue weighted by Crippen LogP contribution is -2.58. The molecule has 0 saturated carbocycles. The number of aliphatic hydroxyl groups excluding tert-OH is 1. The van der Waals surface area contributed by atoms with E-state index in [0.29, 0.717) is 31.8 Å². The molecule has 11 nitrogen and oxygen atoms in total. The number of thioether (sulfide) groups is 1. The van der Waals surface area contributed by atoms with Crippen LogP contribution in [0.5, 0.6) is 5.75 Å². The highest BCUT2D eigenvalue weighted by atomic mass is 32.2. The second-order valence-electron chi connectivity index (χ2n) is 13.3. The zero-order valence-electron chi connectivity index (χ0n) is 27.7. The molecule has 1 unspecified atom stereocenters. The third-order valence-electron chi connectivity index (χ3n) is 10.6. The first kappa shape index (κ1) is 32.4. The predicted molar refractivity (Wildman–Crippen MR) is 184 cm³/mol. The van der Waals surface area contributed by atoms with Gasteiger partial charge in [0.2, 0.25) is 17.7 Å². The standard InChI is InChI=1S/C36H42N6O5S/c1-5-23(3)28(21-43)42-31-34(46)39(22-41-27-12-8-7-11-26(27)37-38-41)19-10-18-36(31)30(33(42)45)29-32(44)40(20-9-17-35(29,4)48-36)24-13-15-25(16-14-24)47-6-2/h7-18,23,28-31,43H,5-6,19-22H2,1-4H3/t23-,28-,29+,30-,31?,35-,36-/m0/s1. The molecule has 4 aliphatic heterocycles. The van der Waals surface area contributed by atoms with Crippen LogP contribution in [-0.4, -0.2) is 95.5 Å². The van der Waals surface area contributed by atoms with E-state index in [1.165, 1.54) is 11.8 Å². The molecule has 0 bridgehead atoms. The molecule has 1 aromatic heterocycles. The Balaban J connectivity index is 1.31. The Morgan fingerprint density at radius 1 is 0.979 bits per heavy atom. The number of likely N-dealkylation sites (tertiary alicyclic amines) is 1. The number of hydrogen-bond donors (Lipinski definition) is 1. The van der Waals surface area contributed by atoms with Crippen molar-refractivity contribution in [3.05, 3.63) is 72.8 Å². The predicted octanol–water partition coefficient (Wildman–Crippen LogP) is 3.88. The Hall–Kier alpha value is -4.16. The highest BCUT2D eigenvalue weighted by Crippen LogP contribution is 2.66. The lowest BCUT2D eigenvalue weighted by Gasteiger charge is -2.41. The Morgan fingerprint density at radius 3 is 2.46 bits per heavy atom. The number of nitrogens with zero attached hydrogens (tertiary/aromatic N) is 6. The number of carbonyl (C=O) groups excluding carboxylic acids is 3. The molecule has 1 N–H and O–H groups in total. The minimum Gasteiger partial charge on any atom is -0.494 e. The van der Waals surface area contributed by atoms with Gasteiger partial charge in [-0.1, -0.05) is 61.9 Å². The van der Waals surface area contributed by atoms with E-state index >= 15 is 0 Å². The molecule has 5 heterocycles. The molecule has 0 aliphatic carbocycles. The second-order valence-corrected chi connectivity index (χ2v) is 15.1. The van der Waals surface area contributed by atoms with Crippen LogP contribution in [0, 0.1) is 17.8 Å². The van der Waals surface area contributed by atoms with E-state index < -0.39 is 33.4 Å². The number of ether oxygens (including phenoxy) is 1. The average Bonchev–Trinajstić information content (AvgIpc) is 3.62. The van der Waals surface area contributed by atoms with Crippen LogP contribution in [0.3, 0.4) is 0 Å². The van der Waals surface area contributed by atoms with Crippen LogP contribution in [-0.2, 0) is 21.1 Å². The zero-order chi connectivity index (χ0) is 33.8. The SMILES string of the molecule is CCOc1ccc(N2CC=C[C@]3(C)S[C@]45C=CCN(Cn6nnc7ccccc76)C(=O)C4N([C@@H](CO)[C@@H](C)CC)C(=O)[C@@H]5[C@@H]3C2=O)cc1. The molecule has 2 saturated heterocycles. The number of aromatic nitrogens is 3. The molecule has 3 aromatic rings. The first-order valence-electron chi connectivity index (χ1n) is 16.8. The first-order chi connectivity index (χ1) is 23.2. The van der Waals surface area contributed by atoms with Gasteiger partial charge in [0.05, 0.1) is 41.4 Å². The fourth-order valence-corrected chi connectivity index (χ4v) is 10.3. The summed E-state index contributed by atoms with van der Waals surface area (Å²) in [5, 5.41) is 19.4. The smallest absolute Gasteiger partial charge is 0.248 e. The van der Waals surface area contributed by atoms with E-state index in [1.807, 2.05) is 94.5 Å². The molecule has 12 heteroatoms. The third kappa shape index (κ3) is 4.94. The minimum absolute atomic E-state index is 0.0796. The highest BCUT2D eigenvalue weighted by molar-refractivity contribution is 8.02. The minimum atomic E-state index is -1.03. The van der Waals surface area contributed by atoms with Gasteiger partial charge in [0.1, 0.15) is 24.0 Å². The number of hydrogen-bond acceptors (Lipinski definition) is 8. The van der Waals surface area contributed by atoms with Gasteiger partial charge in [0, 0.05) is 23.5 Å². The fraction of sp³-hybridized carbons (Fsp3) is 0.472.